The molecule has 3 aromatic carbocycles. The quantitative estimate of drug-likeness (QED) is 0.346. The molecule has 39 heavy (non-hydrogen) atoms. The summed E-state index contributed by atoms with van der Waals surface area (Å²) in [7, 11) is -4.14. The molecule has 0 aliphatic heterocycles. The normalized spacial score (nSPS) is 12.2. The number of anilines is 1. The Morgan fingerprint density at radius 1 is 0.897 bits per heavy atom. The summed E-state index contributed by atoms with van der Waals surface area (Å²) < 4.78 is 28.9. The number of sulfonamides is 1. The fourth-order valence-corrected chi connectivity index (χ4v) is 5.83. The molecule has 0 saturated carbocycles. The van der Waals surface area contributed by atoms with E-state index in [4.69, 9.17) is 11.6 Å². The smallest absolute Gasteiger partial charge is 0.264 e. The van der Waals surface area contributed by atoms with Gasteiger partial charge in [0.1, 0.15) is 12.6 Å². The molecule has 0 spiro atoms. The summed E-state index contributed by atoms with van der Waals surface area (Å²) in [6.45, 7) is 8.67. The number of carbonyl (C=O) groups excluding carboxylic acids is 2. The number of rotatable bonds is 11. The zero-order valence-corrected chi connectivity index (χ0v) is 24.6. The highest BCUT2D eigenvalue weighted by Crippen LogP contribution is 2.31. The van der Waals surface area contributed by atoms with E-state index >= 15 is 0 Å². The monoisotopic (exact) mass is 569 g/mol. The van der Waals surface area contributed by atoms with Crippen LogP contribution in [0.1, 0.15) is 37.5 Å². The van der Waals surface area contributed by atoms with E-state index in [-0.39, 0.29) is 23.4 Å². The number of hydrogen-bond donors (Lipinski definition) is 1. The molecule has 0 aliphatic carbocycles. The second-order valence-corrected chi connectivity index (χ2v) is 12.1. The summed E-state index contributed by atoms with van der Waals surface area (Å²) in [6, 6.07) is 20.1. The molecule has 0 saturated heterocycles. The maximum atomic E-state index is 13.9. The number of nitrogens with one attached hydrogen (secondary N) is 1. The van der Waals surface area contributed by atoms with Crippen LogP contribution in [0.4, 0.5) is 5.69 Å². The first-order valence-electron chi connectivity index (χ1n) is 12.9. The number of aryl methyl sites for hydroxylation is 1. The van der Waals surface area contributed by atoms with E-state index < -0.39 is 28.5 Å². The Morgan fingerprint density at radius 2 is 1.54 bits per heavy atom. The van der Waals surface area contributed by atoms with Crippen molar-refractivity contribution in [2.75, 3.05) is 17.4 Å². The second kappa shape index (κ2) is 13.1. The fourth-order valence-electron chi connectivity index (χ4n) is 4.19. The van der Waals surface area contributed by atoms with Gasteiger partial charge in [-0.25, -0.2) is 8.42 Å². The Kier molecular flexibility index (Phi) is 10.2. The van der Waals surface area contributed by atoms with Crippen molar-refractivity contribution in [1.82, 2.24) is 10.2 Å². The minimum Gasteiger partial charge on any atom is -0.352 e. The SMILES string of the molecule is Cc1ccc(S(=O)(=O)N(CC(=O)N(CCc2ccccc2)C(C)C(=O)NC(C)C)c2cccc(Cl)c2C)cc1. The molecule has 0 aliphatic rings. The maximum absolute atomic E-state index is 13.9. The van der Waals surface area contributed by atoms with Gasteiger partial charge < -0.3 is 10.2 Å². The minimum atomic E-state index is -4.14. The van der Waals surface area contributed by atoms with Gasteiger partial charge in [0, 0.05) is 17.6 Å². The van der Waals surface area contributed by atoms with Gasteiger partial charge in [-0.3, -0.25) is 13.9 Å². The van der Waals surface area contributed by atoms with Gasteiger partial charge in [0.2, 0.25) is 11.8 Å². The van der Waals surface area contributed by atoms with Crippen molar-refractivity contribution in [2.24, 2.45) is 0 Å². The van der Waals surface area contributed by atoms with Crippen LogP contribution in [0.2, 0.25) is 5.02 Å². The lowest BCUT2D eigenvalue weighted by Crippen LogP contribution is -2.53. The molecule has 1 unspecified atom stereocenters. The van der Waals surface area contributed by atoms with Crippen molar-refractivity contribution in [3.63, 3.8) is 0 Å². The number of nitrogens with zero attached hydrogens (tertiary/aromatic N) is 2. The Balaban J connectivity index is 2.02. The molecule has 7 nitrogen and oxygen atoms in total. The number of amides is 2. The lowest BCUT2D eigenvalue weighted by molar-refractivity contribution is -0.139. The lowest BCUT2D eigenvalue weighted by Gasteiger charge is -2.32. The second-order valence-electron chi connectivity index (χ2n) is 9.87. The van der Waals surface area contributed by atoms with Crippen molar-refractivity contribution >= 4 is 39.1 Å². The molecule has 1 atom stereocenters. The molecule has 3 aromatic rings. The summed E-state index contributed by atoms with van der Waals surface area (Å²) in [6.07, 6.45) is 0.507. The van der Waals surface area contributed by atoms with Gasteiger partial charge in [-0.2, -0.15) is 0 Å². The number of hydrogen-bond acceptors (Lipinski definition) is 4. The predicted molar refractivity (Wildman–Crippen MR) is 156 cm³/mol. The summed E-state index contributed by atoms with van der Waals surface area (Å²) in [5, 5.41) is 3.24. The first kappa shape index (κ1) is 30.2. The first-order chi connectivity index (χ1) is 18.4. The molecule has 1 N–H and O–H groups in total. The molecule has 0 bridgehead atoms. The van der Waals surface area contributed by atoms with Gasteiger partial charge in [-0.15, -0.1) is 0 Å². The zero-order chi connectivity index (χ0) is 28.7. The van der Waals surface area contributed by atoms with Crippen LogP contribution in [0.5, 0.6) is 0 Å². The molecular formula is C30H36ClN3O4S. The number of halogens is 1. The van der Waals surface area contributed by atoms with Crippen molar-refractivity contribution < 1.29 is 18.0 Å². The molecule has 208 valence electrons. The number of benzene rings is 3. The summed E-state index contributed by atoms with van der Waals surface area (Å²) in [5.41, 5.74) is 2.75. The van der Waals surface area contributed by atoms with Gasteiger partial charge in [0.15, 0.2) is 0 Å². The summed E-state index contributed by atoms with van der Waals surface area (Å²) in [4.78, 5) is 28.4. The largest absolute Gasteiger partial charge is 0.352 e. The molecule has 0 heterocycles. The standard InChI is InChI=1S/C30H36ClN3O4S/c1-21(2)32-30(36)24(5)33(19-18-25-10-7-6-8-11-25)29(35)20-34(28-13-9-12-27(31)23(28)4)39(37,38)26-16-14-22(3)15-17-26/h6-17,21,24H,18-20H2,1-5H3,(H,32,36). The van der Waals surface area contributed by atoms with E-state index in [1.54, 1.807) is 44.2 Å². The van der Waals surface area contributed by atoms with Gasteiger partial charge in [-0.05, 0) is 76.4 Å². The van der Waals surface area contributed by atoms with E-state index in [9.17, 15) is 18.0 Å². The van der Waals surface area contributed by atoms with Gasteiger partial charge in [0.05, 0.1) is 10.6 Å². The Hall–Kier alpha value is -3.36. The average molecular weight is 570 g/mol. The predicted octanol–water partition coefficient (Wildman–Crippen LogP) is 5.14. The summed E-state index contributed by atoms with van der Waals surface area (Å²) >= 11 is 6.36. The molecule has 0 fully saturated rings. The van der Waals surface area contributed by atoms with E-state index in [1.165, 1.54) is 17.0 Å². The molecule has 9 heteroatoms. The highest BCUT2D eigenvalue weighted by molar-refractivity contribution is 7.92. The third-order valence-electron chi connectivity index (χ3n) is 6.48. The Labute approximate surface area is 236 Å². The fraction of sp³-hybridized carbons (Fsp3) is 0.333. The third kappa shape index (κ3) is 7.61. The van der Waals surface area contributed by atoms with Crippen molar-refractivity contribution in [3.05, 3.63) is 94.5 Å². The van der Waals surface area contributed by atoms with E-state index in [1.807, 2.05) is 51.1 Å². The number of carbonyl (C=O) groups is 2. The van der Waals surface area contributed by atoms with Crippen LogP contribution in [0.3, 0.4) is 0 Å². The molecule has 0 aromatic heterocycles. The minimum absolute atomic E-state index is 0.0571. The van der Waals surface area contributed by atoms with Crippen LogP contribution in [-0.4, -0.2) is 50.3 Å². The van der Waals surface area contributed by atoms with Crippen LogP contribution >= 0.6 is 11.6 Å². The maximum Gasteiger partial charge on any atom is 0.264 e. The van der Waals surface area contributed by atoms with Gasteiger partial charge in [-0.1, -0.05) is 65.7 Å². The van der Waals surface area contributed by atoms with Crippen molar-refractivity contribution in [1.29, 1.82) is 0 Å². The zero-order valence-electron chi connectivity index (χ0n) is 23.0. The van der Waals surface area contributed by atoms with Crippen LogP contribution in [0.25, 0.3) is 0 Å². The molecular weight excluding hydrogens is 534 g/mol. The average Bonchev–Trinajstić information content (AvgIpc) is 2.89. The molecule has 3 rings (SSSR count). The van der Waals surface area contributed by atoms with Crippen LogP contribution in [0.15, 0.2) is 77.7 Å². The summed E-state index contributed by atoms with van der Waals surface area (Å²) in [5.74, 6) is -0.800. The van der Waals surface area contributed by atoms with Crippen molar-refractivity contribution in [2.45, 2.75) is 58.0 Å². The van der Waals surface area contributed by atoms with Gasteiger partial charge in [0.25, 0.3) is 10.0 Å². The van der Waals surface area contributed by atoms with Crippen LogP contribution in [-0.2, 0) is 26.0 Å². The van der Waals surface area contributed by atoms with Crippen LogP contribution in [0, 0.1) is 13.8 Å². The Morgan fingerprint density at radius 3 is 2.15 bits per heavy atom. The topological polar surface area (TPSA) is 86.8 Å². The van der Waals surface area contributed by atoms with Crippen molar-refractivity contribution in [3.8, 4) is 0 Å². The van der Waals surface area contributed by atoms with E-state index in [2.05, 4.69) is 5.32 Å². The third-order valence-corrected chi connectivity index (χ3v) is 8.66. The highest BCUT2D eigenvalue weighted by Gasteiger charge is 2.33. The Bertz CT molecular complexity index is 1390. The van der Waals surface area contributed by atoms with Crippen LogP contribution < -0.4 is 9.62 Å². The lowest BCUT2D eigenvalue weighted by atomic mass is 10.1. The van der Waals surface area contributed by atoms with E-state index in [0.29, 0.717) is 22.7 Å². The molecule has 0 radical (unpaired) electrons. The highest BCUT2D eigenvalue weighted by atomic mass is 35.5. The first-order valence-corrected chi connectivity index (χ1v) is 14.7. The van der Waals surface area contributed by atoms with E-state index in [0.717, 1.165) is 15.4 Å². The molecule has 2 amide bonds. The van der Waals surface area contributed by atoms with Gasteiger partial charge >= 0.3 is 0 Å².